The Kier molecular flexibility index (Phi) is 5.63. The largest absolute Gasteiger partial charge is 0.469 e. The second-order valence-corrected chi connectivity index (χ2v) is 5.23. The number of hydrogen-bond donors (Lipinski definition) is 0. The molecule has 0 amide bonds. The van der Waals surface area contributed by atoms with Gasteiger partial charge in [0, 0.05) is 22.2 Å². The van der Waals surface area contributed by atoms with Crippen LogP contribution in [0.2, 0.25) is 5.02 Å². The Labute approximate surface area is 105 Å². The van der Waals surface area contributed by atoms with E-state index in [2.05, 4.69) is 9.72 Å². The van der Waals surface area contributed by atoms with Crippen LogP contribution in [-0.2, 0) is 15.3 Å². The highest BCUT2D eigenvalue weighted by Gasteiger charge is 2.09. The third-order valence-electron chi connectivity index (χ3n) is 1.98. The molecule has 1 aromatic rings. The van der Waals surface area contributed by atoms with E-state index in [0.29, 0.717) is 11.4 Å². The predicted octanol–water partition coefficient (Wildman–Crippen LogP) is 2.92. The van der Waals surface area contributed by atoms with E-state index in [1.54, 1.807) is 24.0 Å². The Morgan fingerprint density at radius 1 is 1.69 bits per heavy atom. The van der Waals surface area contributed by atoms with Crippen LogP contribution in [0.15, 0.2) is 18.3 Å². The van der Waals surface area contributed by atoms with E-state index in [9.17, 15) is 4.79 Å². The predicted molar refractivity (Wildman–Crippen MR) is 66.6 cm³/mol. The van der Waals surface area contributed by atoms with Gasteiger partial charge in [-0.05, 0) is 12.1 Å². The summed E-state index contributed by atoms with van der Waals surface area (Å²) in [6.45, 7) is 1.99. The molecule has 0 aromatic carbocycles. The molecule has 88 valence electrons. The molecule has 0 saturated carbocycles. The minimum absolute atomic E-state index is 0.181. The van der Waals surface area contributed by atoms with E-state index in [1.807, 2.05) is 13.0 Å². The fourth-order valence-electron chi connectivity index (χ4n) is 1.13. The Morgan fingerprint density at radius 3 is 3.06 bits per heavy atom. The van der Waals surface area contributed by atoms with Gasteiger partial charge in [-0.3, -0.25) is 9.78 Å². The van der Waals surface area contributed by atoms with Gasteiger partial charge < -0.3 is 4.74 Å². The highest BCUT2D eigenvalue weighted by molar-refractivity contribution is 7.99. The molecule has 0 aliphatic rings. The van der Waals surface area contributed by atoms with Crippen LogP contribution in [-0.4, -0.2) is 23.3 Å². The maximum absolute atomic E-state index is 11.0. The van der Waals surface area contributed by atoms with Gasteiger partial charge in [-0.25, -0.2) is 0 Å². The van der Waals surface area contributed by atoms with Crippen LogP contribution in [0.3, 0.4) is 0 Å². The van der Waals surface area contributed by atoms with Crippen molar-refractivity contribution in [3.8, 4) is 0 Å². The molecule has 1 rings (SSSR count). The minimum Gasteiger partial charge on any atom is -0.469 e. The second-order valence-electron chi connectivity index (χ2n) is 3.37. The molecule has 3 nitrogen and oxygen atoms in total. The van der Waals surface area contributed by atoms with Gasteiger partial charge in [-0.1, -0.05) is 18.5 Å². The van der Waals surface area contributed by atoms with Crippen molar-refractivity contribution in [1.29, 1.82) is 0 Å². The van der Waals surface area contributed by atoms with Crippen molar-refractivity contribution in [2.45, 2.75) is 24.3 Å². The van der Waals surface area contributed by atoms with E-state index >= 15 is 0 Å². The van der Waals surface area contributed by atoms with Crippen molar-refractivity contribution < 1.29 is 9.53 Å². The van der Waals surface area contributed by atoms with Gasteiger partial charge in [0.05, 0.1) is 19.2 Å². The van der Waals surface area contributed by atoms with E-state index in [1.165, 1.54) is 7.11 Å². The first-order valence-electron chi connectivity index (χ1n) is 4.90. The first kappa shape index (κ1) is 13.3. The number of aromatic nitrogens is 1. The number of hydrogen-bond acceptors (Lipinski definition) is 4. The number of carbonyl (C=O) groups excluding carboxylic acids is 1. The Morgan fingerprint density at radius 2 is 2.44 bits per heavy atom. The van der Waals surface area contributed by atoms with Crippen LogP contribution in [0.25, 0.3) is 0 Å². The van der Waals surface area contributed by atoms with Crippen molar-refractivity contribution in [3.05, 3.63) is 29.0 Å². The third-order valence-corrected chi connectivity index (χ3v) is 3.41. The third kappa shape index (κ3) is 4.86. The lowest BCUT2D eigenvalue weighted by molar-refractivity contribution is -0.140. The fourth-order valence-corrected chi connectivity index (χ4v) is 2.18. The summed E-state index contributed by atoms with van der Waals surface area (Å²) in [4.78, 5) is 15.2. The number of thioether (sulfide) groups is 1. The van der Waals surface area contributed by atoms with Crippen LogP contribution >= 0.6 is 23.4 Å². The molecule has 0 aliphatic carbocycles. The number of rotatable bonds is 5. The lowest BCUT2D eigenvalue weighted by Gasteiger charge is -2.09. The molecule has 1 unspecified atom stereocenters. The normalized spacial score (nSPS) is 12.2. The Hall–Kier alpha value is -0.740. The minimum atomic E-state index is -0.181. The van der Waals surface area contributed by atoms with E-state index in [-0.39, 0.29) is 11.2 Å². The average molecular weight is 260 g/mol. The van der Waals surface area contributed by atoms with Crippen molar-refractivity contribution >= 4 is 29.3 Å². The smallest absolute Gasteiger partial charge is 0.306 e. The van der Waals surface area contributed by atoms with Crippen molar-refractivity contribution in [1.82, 2.24) is 4.98 Å². The number of ether oxygens (including phenoxy) is 1. The van der Waals surface area contributed by atoms with Crippen molar-refractivity contribution in [3.63, 3.8) is 0 Å². The van der Waals surface area contributed by atoms with E-state index in [0.717, 1.165) is 11.4 Å². The van der Waals surface area contributed by atoms with E-state index in [4.69, 9.17) is 11.6 Å². The van der Waals surface area contributed by atoms with Gasteiger partial charge in [0.2, 0.25) is 0 Å². The summed E-state index contributed by atoms with van der Waals surface area (Å²) in [5.41, 5.74) is 0.925. The van der Waals surface area contributed by atoms with Gasteiger partial charge in [0.25, 0.3) is 0 Å². The molecule has 0 spiro atoms. The fraction of sp³-hybridized carbons (Fsp3) is 0.455. The van der Waals surface area contributed by atoms with Crippen molar-refractivity contribution in [2.24, 2.45) is 0 Å². The summed E-state index contributed by atoms with van der Waals surface area (Å²) in [7, 11) is 1.40. The highest BCUT2D eigenvalue weighted by Crippen LogP contribution is 2.20. The number of pyridine rings is 1. The van der Waals surface area contributed by atoms with Crippen LogP contribution in [0.4, 0.5) is 0 Å². The van der Waals surface area contributed by atoms with Gasteiger partial charge in [-0.2, -0.15) is 11.8 Å². The molecule has 0 bridgehead atoms. The summed E-state index contributed by atoms with van der Waals surface area (Å²) in [5.74, 6) is 0.567. The van der Waals surface area contributed by atoms with Crippen LogP contribution < -0.4 is 0 Å². The van der Waals surface area contributed by atoms with Gasteiger partial charge in [-0.15, -0.1) is 0 Å². The molecule has 1 aromatic heterocycles. The van der Waals surface area contributed by atoms with Gasteiger partial charge >= 0.3 is 5.97 Å². The lowest BCUT2D eigenvalue weighted by Crippen LogP contribution is -2.08. The molecule has 5 heteroatoms. The maximum Gasteiger partial charge on any atom is 0.306 e. The number of methoxy groups -OCH3 is 1. The van der Waals surface area contributed by atoms with Gasteiger partial charge in [0.1, 0.15) is 0 Å². The summed E-state index contributed by atoms with van der Waals surface area (Å²) in [6.07, 6.45) is 2.10. The molecule has 0 N–H and O–H groups in total. The highest BCUT2D eigenvalue weighted by atomic mass is 35.5. The zero-order valence-electron chi connectivity index (χ0n) is 9.27. The summed E-state index contributed by atoms with van der Waals surface area (Å²) in [5, 5.41) is 0.902. The number of halogens is 1. The summed E-state index contributed by atoms with van der Waals surface area (Å²) >= 11 is 7.50. The standard InChI is InChI=1S/C11H14ClNO2S/c1-8(5-11(14)15-2)16-7-10-6-9(12)3-4-13-10/h3-4,6,8H,5,7H2,1-2H3. The quantitative estimate of drug-likeness (QED) is 0.763. The van der Waals surface area contributed by atoms with E-state index < -0.39 is 0 Å². The van der Waals surface area contributed by atoms with Crippen LogP contribution in [0.5, 0.6) is 0 Å². The van der Waals surface area contributed by atoms with Crippen molar-refractivity contribution in [2.75, 3.05) is 7.11 Å². The maximum atomic E-state index is 11.0. The number of carbonyl (C=O) groups is 1. The number of esters is 1. The molecule has 0 radical (unpaired) electrons. The Balaban J connectivity index is 2.37. The molecular weight excluding hydrogens is 246 g/mol. The molecule has 16 heavy (non-hydrogen) atoms. The van der Waals surface area contributed by atoms with Crippen LogP contribution in [0.1, 0.15) is 19.0 Å². The topological polar surface area (TPSA) is 39.2 Å². The average Bonchev–Trinajstić information content (AvgIpc) is 2.26. The molecule has 0 aliphatic heterocycles. The zero-order valence-corrected chi connectivity index (χ0v) is 10.8. The molecule has 0 fully saturated rings. The zero-order chi connectivity index (χ0) is 12.0. The Bertz CT molecular complexity index is 360. The van der Waals surface area contributed by atoms with Crippen LogP contribution in [0, 0.1) is 0 Å². The van der Waals surface area contributed by atoms with Gasteiger partial charge in [0.15, 0.2) is 0 Å². The first-order valence-corrected chi connectivity index (χ1v) is 6.33. The molecule has 1 atom stereocenters. The number of nitrogens with zero attached hydrogens (tertiary/aromatic N) is 1. The summed E-state index contributed by atoms with van der Waals surface area (Å²) < 4.78 is 4.60. The molecule has 1 heterocycles. The SMILES string of the molecule is COC(=O)CC(C)SCc1cc(Cl)ccn1. The first-order chi connectivity index (χ1) is 7.61. The second kappa shape index (κ2) is 6.76. The molecular formula is C11H14ClNO2S. The lowest BCUT2D eigenvalue weighted by atomic mass is 10.3. The molecule has 0 saturated heterocycles. The summed E-state index contributed by atoms with van der Waals surface area (Å²) in [6, 6.07) is 3.58. The monoisotopic (exact) mass is 259 g/mol.